The number of carbonyl (C=O) groups excluding carboxylic acids is 1. The van der Waals surface area contributed by atoms with Crippen LogP contribution in [0.1, 0.15) is 22.8 Å². The summed E-state index contributed by atoms with van der Waals surface area (Å²) in [6.45, 7) is 2.47. The number of ketones is 1. The van der Waals surface area contributed by atoms with Crippen LogP contribution in [-0.2, 0) is 0 Å². The molecule has 112 valence electrons. The van der Waals surface area contributed by atoms with Gasteiger partial charge in [-0.1, -0.05) is 30.3 Å². The quantitative estimate of drug-likeness (QED) is 0.351. The van der Waals surface area contributed by atoms with Gasteiger partial charge >= 0.3 is 0 Å². The maximum absolute atomic E-state index is 12.1. The molecule has 0 amide bonds. The van der Waals surface area contributed by atoms with E-state index in [1.54, 1.807) is 12.1 Å². The molecule has 0 saturated carbocycles. The number of carbonyl (C=O) groups is 1. The summed E-state index contributed by atoms with van der Waals surface area (Å²) in [6.07, 6.45) is 3.05. The Labute approximate surface area is 128 Å². The van der Waals surface area contributed by atoms with Crippen molar-refractivity contribution in [3.05, 3.63) is 75.8 Å². The van der Waals surface area contributed by atoms with E-state index in [9.17, 15) is 14.9 Å². The molecule has 0 aliphatic rings. The first kappa shape index (κ1) is 15.4. The maximum Gasteiger partial charge on any atom is 0.270 e. The second kappa shape index (κ2) is 7.17. The summed E-state index contributed by atoms with van der Waals surface area (Å²) in [7, 11) is 0. The molecule has 2 aromatic rings. The summed E-state index contributed by atoms with van der Waals surface area (Å²) < 4.78 is 5.39. The molecule has 0 aliphatic heterocycles. The SMILES string of the molecule is CCOc1cccc(C=CC(=O)c2cccc([N+](=O)[O-])c2)c1. The molecule has 0 radical (unpaired) electrons. The first-order chi connectivity index (χ1) is 10.6. The van der Waals surface area contributed by atoms with Gasteiger partial charge in [0.05, 0.1) is 11.5 Å². The monoisotopic (exact) mass is 297 g/mol. The third-order valence-electron chi connectivity index (χ3n) is 2.94. The van der Waals surface area contributed by atoms with Crippen molar-refractivity contribution >= 4 is 17.5 Å². The van der Waals surface area contributed by atoms with Crippen LogP contribution < -0.4 is 4.74 Å². The second-order valence-electron chi connectivity index (χ2n) is 4.51. The number of nitro benzene ring substituents is 1. The number of nitrogens with zero attached hydrogens (tertiary/aromatic N) is 1. The number of benzene rings is 2. The second-order valence-corrected chi connectivity index (χ2v) is 4.51. The van der Waals surface area contributed by atoms with Crippen molar-refractivity contribution in [2.45, 2.75) is 6.92 Å². The third kappa shape index (κ3) is 4.02. The lowest BCUT2D eigenvalue weighted by Gasteiger charge is -2.03. The topological polar surface area (TPSA) is 69.4 Å². The molecule has 0 spiro atoms. The Hall–Kier alpha value is -2.95. The first-order valence-corrected chi connectivity index (χ1v) is 6.80. The number of hydrogen-bond donors (Lipinski definition) is 0. The van der Waals surface area contributed by atoms with Crippen molar-refractivity contribution in [3.63, 3.8) is 0 Å². The minimum atomic E-state index is -0.522. The molecule has 0 saturated heterocycles. The van der Waals surface area contributed by atoms with Crippen molar-refractivity contribution in [3.8, 4) is 5.75 Å². The van der Waals surface area contributed by atoms with Gasteiger partial charge in [0.2, 0.25) is 0 Å². The van der Waals surface area contributed by atoms with Crippen LogP contribution in [0.5, 0.6) is 5.75 Å². The molecule has 5 nitrogen and oxygen atoms in total. The number of hydrogen-bond acceptors (Lipinski definition) is 4. The highest BCUT2D eigenvalue weighted by Gasteiger charge is 2.09. The van der Waals surface area contributed by atoms with Gasteiger partial charge in [-0.2, -0.15) is 0 Å². The summed E-state index contributed by atoms with van der Waals surface area (Å²) >= 11 is 0. The van der Waals surface area contributed by atoms with Gasteiger partial charge in [0.1, 0.15) is 5.75 Å². The van der Waals surface area contributed by atoms with Crippen molar-refractivity contribution in [1.29, 1.82) is 0 Å². The normalized spacial score (nSPS) is 10.6. The van der Waals surface area contributed by atoms with Crippen LogP contribution >= 0.6 is 0 Å². The van der Waals surface area contributed by atoms with Gasteiger partial charge in [0, 0.05) is 17.7 Å². The molecule has 0 aromatic heterocycles. The largest absolute Gasteiger partial charge is 0.494 e. The number of rotatable bonds is 6. The average molecular weight is 297 g/mol. The number of nitro groups is 1. The highest BCUT2D eigenvalue weighted by atomic mass is 16.6. The summed E-state index contributed by atoms with van der Waals surface area (Å²) in [5.74, 6) is 0.443. The van der Waals surface area contributed by atoms with Gasteiger partial charge in [0.25, 0.3) is 5.69 Å². The van der Waals surface area contributed by atoms with E-state index in [2.05, 4.69) is 0 Å². The molecule has 22 heavy (non-hydrogen) atoms. The average Bonchev–Trinajstić information content (AvgIpc) is 2.53. The Bertz CT molecular complexity index is 722. The van der Waals surface area contributed by atoms with E-state index in [0.717, 1.165) is 11.3 Å². The number of ether oxygens (including phenoxy) is 1. The smallest absolute Gasteiger partial charge is 0.270 e. The van der Waals surface area contributed by atoms with Gasteiger partial charge in [-0.05, 0) is 30.7 Å². The lowest BCUT2D eigenvalue weighted by Crippen LogP contribution is -1.96. The van der Waals surface area contributed by atoms with Crippen LogP contribution in [0.25, 0.3) is 6.08 Å². The Balaban J connectivity index is 2.16. The van der Waals surface area contributed by atoms with Gasteiger partial charge in [-0.15, -0.1) is 0 Å². The van der Waals surface area contributed by atoms with Crippen molar-refractivity contribution in [2.24, 2.45) is 0 Å². The van der Waals surface area contributed by atoms with E-state index < -0.39 is 4.92 Å². The van der Waals surface area contributed by atoms with E-state index in [0.29, 0.717) is 6.61 Å². The molecule has 5 heteroatoms. The third-order valence-corrected chi connectivity index (χ3v) is 2.94. The van der Waals surface area contributed by atoms with Crippen molar-refractivity contribution in [1.82, 2.24) is 0 Å². The minimum absolute atomic E-state index is 0.0995. The Morgan fingerprint density at radius 3 is 2.73 bits per heavy atom. The van der Waals surface area contributed by atoms with Crippen LogP contribution in [0.15, 0.2) is 54.6 Å². The molecule has 0 heterocycles. The van der Waals surface area contributed by atoms with Crippen molar-refractivity contribution in [2.75, 3.05) is 6.61 Å². The van der Waals surface area contributed by atoms with Gasteiger partial charge < -0.3 is 4.74 Å². The molecule has 0 bridgehead atoms. The molecule has 0 unspecified atom stereocenters. The van der Waals surface area contributed by atoms with E-state index in [1.807, 2.05) is 31.2 Å². The lowest BCUT2D eigenvalue weighted by atomic mass is 10.1. The molecule has 0 fully saturated rings. The zero-order chi connectivity index (χ0) is 15.9. The number of allylic oxidation sites excluding steroid dienone is 1. The molecule has 2 rings (SSSR count). The zero-order valence-corrected chi connectivity index (χ0v) is 12.1. The van der Waals surface area contributed by atoms with Gasteiger partial charge in [-0.25, -0.2) is 0 Å². The highest BCUT2D eigenvalue weighted by molar-refractivity contribution is 6.07. The van der Waals surface area contributed by atoms with Crippen LogP contribution in [0, 0.1) is 10.1 Å². The van der Waals surface area contributed by atoms with E-state index >= 15 is 0 Å². The fourth-order valence-electron chi connectivity index (χ4n) is 1.92. The van der Waals surface area contributed by atoms with Crippen LogP contribution in [0.3, 0.4) is 0 Å². The standard InChI is InChI=1S/C17H15NO4/c1-2-22-16-8-3-5-13(11-16)9-10-17(19)14-6-4-7-15(12-14)18(20)21/h3-12H,2H2,1H3. The van der Waals surface area contributed by atoms with Gasteiger partial charge in [0.15, 0.2) is 5.78 Å². The molecule has 2 aromatic carbocycles. The molecule has 0 N–H and O–H groups in total. The predicted octanol–water partition coefficient (Wildman–Crippen LogP) is 3.89. The summed E-state index contributed by atoms with van der Waals surface area (Å²) in [6, 6.07) is 13.0. The van der Waals surface area contributed by atoms with Crippen molar-refractivity contribution < 1.29 is 14.5 Å². The Morgan fingerprint density at radius 2 is 2.00 bits per heavy atom. The highest BCUT2D eigenvalue weighted by Crippen LogP contribution is 2.16. The molecule has 0 aliphatic carbocycles. The molecular weight excluding hydrogens is 282 g/mol. The lowest BCUT2D eigenvalue weighted by molar-refractivity contribution is -0.384. The Morgan fingerprint density at radius 1 is 1.23 bits per heavy atom. The van der Waals surface area contributed by atoms with E-state index in [4.69, 9.17) is 4.74 Å². The summed E-state index contributed by atoms with van der Waals surface area (Å²) in [4.78, 5) is 22.3. The van der Waals surface area contributed by atoms with Crippen LogP contribution in [-0.4, -0.2) is 17.3 Å². The van der Waals surface area contributed by atoms with Crippen LogP contribution in [0.2, 0.25) is 0 Å². The first-order valence-electron chi connectivity index (χ1n) is 6.80. The summed E-state index contributed by atoms with van der Waals surface area (Å²) in [5, 5.41) is 10.7. The Kier molecular flexibility index (Phi) is 5.03. The zero-order valence-electron chi connectivity index (χ0n) is 12.1. The predicted molar refractivity (Wildman–Crippen MR) is 84.1 cm³/mol. The summed E-state index contributed by atoms with van der Waals surface area (Å²) in [5.41, 5.74) is 1.01. The van der Waals surface area contributed by atoms with Gasteiger partial charge in [-0.3, -0.25) is 14.9 Å². The fourth-order valence-corrected chi connectivity index (χ4v) is 1.92. The van der Waals surface area contributed by atoms with E-state index in [-0.39, 0.29) is 17.0 Å². The molecule has 0 atom stereocenters. The fraction of sp³-hybridized carbons (Fsp3) is 0.118. The number of non-ortho nitro benzene ring substituents is 1. The maximum atomic E-state index is 12.1. The van der Waals surface area contributed by atoms with E-state index in [1.165, 1.54) is 24.3 Å². The van der Waals surface area contributed by atoms with Crippen LogP contribution in [0.4, 0.5) is 5.69 Å². The molecular formula is C17H15NO4. The minimum Gasteiger partial charge on any atom is -0.494 e.